The van der Waals surface area contributed by atoms with Gasteiger partial charge in [-0.1, -0.05) is 90.3 Å². The van der Waals surface area contributed by atoms with Gasteiger partial charge in [0.25, 0.3) is 11.8 Å². The third-order valence-electron chi connectivity index (χ3n) is 6.94. The van der Waals surface area contributed by atoms with Gasteiger partial charge in [0.05, 0.1) is 4.86 Å². The van der Waals surface area contributed by atoms with Crippen LogP contribution in [0, 0.1) is 6.92 Å². The fraction of sp³-hybridized carbons (Fsp3) is 0.200. The van der Waals surface area contributed by atoms with E-state index in [1.807, 2.05) is 60.7 Å². The van der Waals surface area contributed by atoms with Crippen LogP contribution in [0.2, 0.25) is 0 Å². The number of benzene rings is 2. The van der Waals surface area contributed by atoms with Crippen molar-refractivity contribution >= 4 is 69.3 Å². The minimum atomic E-state index is -1.41. The molecule has 6 rings (SSSR count). The van der Waals surface area contributed by atoms with Crippen LogP contribution in [0.5, 0.6) is 0 Å². The number of hydrogen-bond donors (Lipinski definition) is 2. The van der Waals surface area contributed by atoms with Gasteiger partial charge in [-0.2, -0.15) is 0 Å². The van der Waals surface area contributed by atoms with Crippen molar-refractivity contribution in [1.82, 2.24) is 20.4 Å². The molecule has 9 nitrogen and oxygen atoms in total. The number of nitrogens with zero attached hydrogens (tertiary/aromatic N) is 3. The number of aliphatic hydroxyl groups excluding tert-OH is 1. The summed E-state index contributed by atoms with van der Waals surface area (Å²) in [6.07, 6.45) is -2.15. The van der Waals surface area contributed by atoms with Crippen LogP contribution in [0.1, 0.15) is 38.2 Å². The fourth-order valence-corrected chi connectivity index (χ4v) is 8.00. The summed E-state index contributed by atoms with van der Waals surface area (Å²) < 4.78 is 6.17. The first kappa shape index (κ1) is 29.3. The number of thiophene rings is 1. The van der Waals surface area contributed by atoms with Gasteiger partial charge in [0.15, 0.2) is 17.2 Å². The second-order valence-electron chi connectivity index (χ2n) is 9.70. The van der Waals surface area contributed by atoms with Gasteiger partial charge in [-0.25, -0.2) is 4.79 Å². The zero-order valence-corrected chi connectivity index (χ0v) is 25.8. The highest BCUT2D eigenvalue weighted by molar-refractivity contribution is 8.00. The fourth-order valence-electron chi connectivity index (χ4n) is 4.86. The number of hydrogen-bond acceptors (Lipinski definition) is 11. The number of nitrogens with one attached hydrogen (secondary N) is 1. The maximum atomic E-state index is 14.1. The van der Waals surface area contributed by atoms with Crippen LogP contribution < -0.4 is 5.32 Å². The van der Waals surface area contributed by atoms with Crippen LogP contribution in [-0.4, -0.2) is 60.0 Å². The number of esters is 1. The van der Waals surface area contributed by atoms with Crippen LogP contribution >= 0.6 is 46.7 Å². The summed E-state index contributed by atoms with van der Waals surface area (Å²) in [7, 11) is 0. The van der Waals surface area contributed by atoms with Crippen molar-refractivity contribution in [2.75, 3.05) is 5.75 Å². The molecule has 2 aliphatic rings. The molecule has 1 saturated heterocycles. The highest BCUT2D eigenvalue weighted by Gasteiger charge is 2.55. The minimum Gasteiger partial charge on any atom is -0.448 e. The van der Waals surface area contributed by atoms with Crippen LogP contribution in [0.4, 0.5) is 0 Å². The Morgan fingerprint density at radius 3 is 2.30 bits per heavy atom. The maximum absolute atomic E-state index is 14.1. The van der Waals surface area contributed by atoms with E-state index in [0.717, 1.165) is 11.1 Å². The van der Waals surface area contributed by atoms with Crippen molar-refractivity contribution in [3.8, 4) is 0 Å². The van der Waals surface area contributed by atoms with E-state index in [4.69, 9.17) is 17.0 Å². The summed E-state index contributed by atoms with van der Waals surface area (Å²) in [5.74, 6) is -1.63. The monoisotopic (exact) mass is 648 g/mol. The largest absolute Gasteiger partial charge is 0.448 e. The smallest absolute Gasteiger partial charge is 0.356 e. The van der Waals surface area contributed by atoms with Crippen LogP contribution in [0.3, 0.4) is 0 Å². The van der Waals surface area contributed by atoms with Crippen LogP contribution in [0.15, 0.2) is 89.4 Å². The number of rotatable bonds is 9. The zero-order valence-electron chi connectivity index (χ0n) is 22.6. The normalized spacial score (nSPS) is 18.6. The Morgan fingerprint density at radius 2 is 1.72 bits per heavy atom. The molecule has 0 saturated carbocycles. The first-order valence-electron chi connectivity index (χ1n) is 13.2. The number of carbonyl (C=O) groups is 3. The topological polar surface area (TPSA) is 122 Å². The molecule has 0 aliphatic carbocycles. The van der Waals surface area contributed by atoms with E-state index in [2.05, 4.69) is 15.5 Å². The number of β-lactam (4-membered cyclic amide) rings is 1. The number of ether oxygens (including phenoxy) is 1. The number of aryl methyl sites for hydroxylation is 1. The first-order chi connectivity index (χ1) is 20.8. The minimum absolute atomic E-state index is 0.0211. The second-order valence-corrected chi connectivity index (χ2v) is 13.4. The van der Waals surface area contributed by atoms with Crippen molar-refractivity contribution < 1.29 is 24.2 Å². The molecule has 2 aromatic heterocycles. The van der Waals surface area contributed by atoms with Gasteiger partial charge < -0.3 is 15.2 Å². The molecule has 4 heterocycles. The van der Waals surface area contributed by atoms with E-state index in [9.17, 15) is 19.5 Å². The Hall–Kier alpha value is -3.75. The van der Waals surface area contributed by atoms with E-state index in [0.29, 0.717) is 25.3 Å². The van der Waals surface area contributed by atoms with Gasteiger partial charge in [-0.3, -0.25) is 14.5 Å². The summed E-state index contributed by atoms with van der Waals surface area (Å²) >= 11 is 9.67. The number of thioether (sulfide) groups is 1. The Kier molecular flexibility index (Phi) is 8.50. The Balaban J connectivity index is 1.33. The molecule has 0 unspecified atom stereocenters. The molecular formula is C30H24N4O5S4. The number of carbonyl (C=O) groups excluding carboxylic acids is 3. The number of aromatic nitrogens is 2. The average molecular weight is 649 g/mol. The predicted molar refractivity (Wildman–Crippen MR) is 168 cm³/mol. The van der Waals surface area contributed by atoms with Gasteiger partial charge in [-0.15, -0.1) is 33.3 Å². The lowest BCUT2D eigenvalue weighted by Crippen LogP contribution is -2.71. The standard InChI is InChI=1S/C30H24N4O5S4/c1-16-32-33-27(43-16)25(40)19-15-42-29-21(31-26(36)23(35)20-13-8-14-41-20)28(37)34(29)22(19)30(38)39-24(17-9-4-2-5-10-17)18-11-6-3-7-12-18/h2-14,21,23-24,29,35H,15H2,1H3,(H,31,36)/t21-,23-,29-/m1/s1. The molecule has 4 aromatic rings. The molecule has 2 amide bonds. The lowest BCUT2D eigenvalue weighted by molar-refractivity contribution is -0.155. The summed E-state index contributed by atoms with van der Waals surface area (Å²) in [6.45, 7) is 1.81. The van der Waals surface area contributed by atoms with Gasteiger partial charge in [0, 0.05) is 16.2 Å². The number of aliphatic hydroxyl groups is 1. The van der Waals surface area contributed by atoms with Gasteiger partial charge >= 0.3 is 5.97 Å². The van der Waals surface area contributed by atoms with Crippen molar-refractivity contribution in [2.45, 2.75) is 30.5 Å². The van der Waals surface area contributed by atoms with Crippen molar-refractivity contribution in [3.63, 3.8) is 0 Å². The van der Waals surface area contributed by atoms with Crippen molar-refractivity contribution in [3.05, 3.63) is 115 Å². The lowest BCUT2D eigenvalue weighted by atomic mass is 9.99. The molecule has 218 valence electrons. The molecule has 2 aromatic carbocycles. The van der Waals surface area contributed by atoms with E-state index < -0.39 is 41.4 Å². The van der Waals surface area contributed by atoms with Crippen molar-refractivity contribution in [1.29, 1.82) is 0 Å². The molecule has 0 bridgehead atoms. The third-order valence-corrected chi connectivity index (χ3v) is 10.6. The van der Waals surface area contributed by atoms with E-state index in [1.54, 1.807) is 24.4 Å². The highest BCUT2D eigenvalue weighted by atomic mass is 32.2. The number of amides is 2. The molecule has 2 N–H and O–H groups in total. The Morgan fingerprint density at radius 1 is 1.05 bits per heavy atom. The van der Waals surface area contributed by atoms with E-state index >= 15 is 0 Å². The second kappa shape index (κ2) is 12.5. The maximum Gasteiger partial charge on any atom is 0.356 e. The summed E-state index contributed by atoms with van der Waals surface area (Å²) in [5, 5.41) is 23.7. The molecule has 2 aliphatic heterocycles. The summed E-state index contributed by atoms with van der Waals surface area (Å²) in [6, 6.07) is 21.1. The van der Waals surface area contributed by atoms with Gasteiger partial charge in [0.2, 0.25) is 0 Å². The van der Waals surface area contributed by atoms with Gasteiger partial charge in [-0.05, 0) is 29.5 Å². The van der Waals surface area contributed by atoms with Crippen molar-refractivity contribution in [2.24, 2.45) is 0 Å². The lowest BCUT2D eigenvalue weighted by Gasteiger charge is -2.49. The third kappa shape index (κ3) is 5.78. The number of thiocarbonyl (C=S) groups is 1. The quantitative estimate of drug-likeness (QED) is 0.118. The average Bonchev–Trinajstić information content (AvgIpc) is 3.74. The summed E-state index contributed by atoms with van der Waals surface area (Å²) in [4.78, 5) is 42.7. The van der Waals surface area contributed by atoms with Crippen LogP contribution in [0.25, 0.3) is 0 Å². The van der Waals surface area contributed by atoms with Gasteiger partial charge in [0.1, 0.15) is 22.1 Å². The number of fused-ring (bicyclic) bond motifs is 1. The zero-order chi connectivity index (χ0) is 30.1. The van der Waals surface area contributed by atoms with E-state index in [1.165, 1.54) is 39.3 Å². The molecule has 43 heavy (non-hydrogen) atoms. The molecule has 0 radical (unpaired) electrons. The Bertz CT molecular complexity index is 1670. The first-order valence-corrected chi connectivity index (χ1v) is 16.3. The summed E-state index contributed by atoms with van der Waals surface area (Å²) in [5.41, 5.74) is 1.98. The van der Waals surface area contributed by atoms with E-state index in [-0.39, 0.29) is 11.4 Å². The molecule has 13 heteroatoms. The molecule has 3 atom stereocenters. The van der Waals surface area contributed by atoms with Crippen LogP contribution in [-0.2, 0) is 19.1 Å². The Labute approximate surface area is 264 Å². The predicted octanol–water partition coefficient (Wildman–Crippen LogP) is 4.35. The highest BCUT2D eigenvalue weighted by Crippen LogP contribution is 2.43. The SMILES string of the molecule is Cc1nnc(C(=S)C2=C(C(=O)OC(c3ccccc3)c3ccccc3)N3C(=O)[C@@H](NC(=O)[C@H](O)c4cccs4)[C@H]3SC2)s1. The molecule has 0 spiro atoms. The molecular weight excluding hydrogens is 625 g/mol. The molecule has 1 fully saturated rings.